The third-order valence-corrected chi connectivity index (χ3v) is 5.15. The van der Waals surface area contributed by atoms with Crippen molar-refractivity contribution >= 4 is 5.69 Å². The van der Waals surface area contributed by atoms with E-state index in [-0.39, 0.29) is 6.04 Å². The van der Waals surface area contributed by atoms with Crippen molar-refractivity contribution in [3.8, 4) is 17.5 Å². The quantitative estimate of drug-likeness (QED) is 0.772. The van der Waals surface area contributed by atoms with Crippen LogP contribution in [0.25, 0.3) is 11.4 Å². The molecular weight excluding hydrogens is 334 g/mol. The van der Waals surface area contributed by atoms with Crippen molar-refractivity contribution in [3.63, 3.8) is 0 Å². The molecule has 2 heterocycles. The summed E-state index contributed by atoms with van der Waals surface area (Å²) in [5.74, 6) is 0.825. The Kier molecular flexibility index (Phi) is 4.91. The second-order valence-corrected chi connectivity index (χ2v) is 6.85. The van der Waals surface area contributed by atoms with Gasteiger partial charge in [0.1, 0.15) is 11.9 Å². The Balaban J connectivity index is 1.50. The maximum Gasteiger partial charge on any atom is 0.142 e. The van der Waals surface area contributed by atoms with Crippen LogP contribution in [0.1, 0.15) is 17.4 Å². The van der Waals surface area contributed by atoms with Gasteiger partial charge in [0, 0.05) is 43.1 Å². The van der Waals surface area contributed by atoms with Gasteiger partial charge in [-0.1, -0.05) is 48.5 Å². The van der Waals surface area contributed by atoms with Crippen molar-refractivity contribution in [3.05, 3.63) is 72.1 Å². The van der Waals surface area contributed by atoms with Crippen LogP contribution in [0.3, 0.4) is 0 Å². The number of aryl methyl sites for hydroxylation is 1. The largest absolute Gasteiger partial charge is 0.369 e. The van der Waals surface area contributed by atoms with E-state index >= 15 is 0 Å². The topological polar surface area (TPSA) is 59.0 Å². The summed E-state index contributed by atoms with van der Waals surface area (Å²) in [6.45, 7) is 5.52. The average Bonchev–Trinajstić information content (AvgIpc) is 3.12. The summed E-state index contributed by atoms with van der Waals surface area (Å²) in [5, 5.41) is 9.86. The number of nitriles is 1. The molecule has 0 bridgehead atoms. The SMILES string of the molecule is Cc1[nH]c(-c2ccccc2)nc1C(C#N)N1CCN(c2ccccc2)CC1. The number of aromatic amines is 1. The number of piperazine rings is 1. The fraction of sp³-hybridized carbons (Fsp3) is 0.273. The molecule has 1 saturated heterocycles. The van der Waals surface area contributed by atoms with Crippen LogP contribution in [-0.2, 0) is 0 Å². The molecule has 5 heteroatoms. The number of hydrogen-bond donors (Lipinski definition) is 1. The van der Waals surface area contributed by atoms with Gasteiger partial charge < -0.3 is 9.88 Å². The molecular formula is C22H23N5. The van der Waals surface area contributed by atoms with Gasteiger partial charge in [-0.15, -0.1) is 0 Å². The van der Waals surface area contributed by atoms with Gasteiger partial charge in [-0.25, -0.2) is 4.98 Å². The van der Waals surface area contributed by atoms with E-state index in [1.165, 1.54) is 5.69 Å². The number of nitrogens with one attached hydrogen (secondary N) is 1. The first-order valence-corrected chi connectivity index (χ1v) is 9.32. The zero-order valence-electron chi connectivity index (χ0n) is 15.5. The monoisotopic (exact) mass is 357 g/mol. The van der Waals surface area contributed by atoms with Crippen molar-refractivity contribution in [2.24, 2.45) is 0 Å². The second kappa shape index (κ2) is 7.65. The highest BCUT2D eigenvalue weighted by Gasteiger charge is 2.28. The molecule has 27 heavy (non-hydrogen) atoms. The number of H-pyrrole nitrogens is 1. The zero-order chi connectivity index (χ0) is 18.6. The van der Waals surface area contributed by atoms with Gasteiger partial charge in [0.05, 0.1) is 11.8 Å². The van der Waals surface area contributed by atoms with E-state index in [0.717, 1.165) is 49.0 Å². The van der Waals surface area contributed by atoms with Crippen LogP contribution in [0.2, 0.25) is 0 Å². The van der Waals surface area contributed by atoms with Crippen molar-refractivity contribution in [2.75, 3.05) is 31.1 Å². The summed E-state index contributed by atoms with van der Waals surface area (Å²) >= 11 is 0. The molecule has 1 unspecified atom stereocenters. The number of nitrogens with zero attached hydrogens (tertiary/aromatic N) is 4. The highest BCUT2D eigenvalue weighted by molar-refractivity contribution is 5.56. The molecule has 0 spiro atoms. The Morgan fingerprint density at radius 1 is 0.963 bits per heavy atom. The van der Waals surface area contributed by atoms with E-state index in [1.807, 2.05) is 43.3 Å². The van der Waals surface area contributed by atoms with Gasteiger partial charge in [-0.3, -0.25) is 4.90 Å². The lowest BCUT2D eigenvalue weighted by Gasteiger charge is -2.37. The maximum atomic E-state index is 9.86. The predicted molar refractivity (Wildman–Crippen MR) is 107 cm³/mol. The van der Waals surface area contributed by atoms with Crippen LogP contribution in [0.5, 0.6) is 0 Å². The van der Waals surface area contributed by atoms with Crippen LogP contribution in [0.15, 0.2) is 60.7 Å². The van der Waals surface area contributed by atoms with Crippen LogP contribution < -0.4 is 4.90 Å². The highest BCUT2D eigenvalue weighted by atomic mass is 15.3. The van der Waals surface area contributed by atoms with Crippen molar-refractivity contribution in [2.45, 2.75) is 13.0 Å². The Hall–Kier alpha value is -3.10. The summed E-state index contributed by atoms with van der Waals surface area (Å²) < 4.78 is 0. The van der Waals surface area contributed by atoms with E-state index in [9.17, 15) is 5.26 Å². The van der Waals surface area contributed by atoms with Gasteiger partial charge in [-0.2, -0.15) is 5.26 Å². The number of para-hydroxylation sites is 1. The van der Waals surface area contributed by atoms with Crippen molar-refractivity contribution in [1.82, 2.24) is 14.9 Å². The first-order valence-electron chi connectivity index (χ1n) is 9.32. The summed E-state index contributed by atoms with van der Waals surface area (Å²) in [6.07, 6.45) is 0. The summed E-state index contributed by atoms with van der Waals surface area (Å²) in [5.41, 5.74) is 4.08. The molecule has 2 aromatic carbocycles. The molecule has 136 valence electrons. The minimum absolute atomic E-state index is 0.323. The van der Waals surface area contributed by atoms with Crippen LogP contribution >= 0.6 is 0 Å². The van der Waals surface area contributed by atoms with Crippen LogP contribution in [0, 0.1) is 18.3 Å². The van der Waals surface area contributed by atoms with E-state index in [1.54, 1.807) is 0 Å². The first kappa shape index (κ1) is 17.3. The number of aromatic nitrogens is 2. The van der Waals surface area contributed by atoms with E-state index in [0.29, 0.717) is 0 Å². The van der Waals surface area contributed by atoms with Crippen LogP contribution in [-0.4, -0.2) is 41.0 Å². The molecule has 1 aliphatic rings. The predicted octanol–water partition coefficient (Wildman–Crippen LogP) is 3.77. The lowest BCUT2D eigenvalue weighted by Crippen LogP contribution is -2.47. The number of benzene rings is 2. The summed E-state index contributed by atoms with van der Waals surface area (Å²) in [7, 11) is 0. The highest BCUT2D eigenvalue weighted by Crippen LogP contribution is 2.27. The van der Waals surface area contributed by atoms with Crippen molar-refractivity contribution in [1.29, 1.82) is 5.26 Å². The molecule has 0 radical (unpaired) electrons. The number of hydrogen-bond acceptors (Lipinski definition) is 4. The molecule has 1 aliphatic heterocycles. The molecule has 1 aromatic heterocycles. The third-order valence-electron chi connectivity index (χ3n) is 5.15. The lowest BCUT2D eigenvalue weighted by molar-refractivity contribution is 0.219. The molecule has 0 amide bonds. The Morgan fingerprint density at radius 3 is 2.22 bits per heavy atom. The van der Waals surface area contributed by atoms with Gasteiger partial charge in [0.2, 0.25) is 0 Å². The summed E-state index contributed by atoms with van der Waals surface area (Å²) in [6, 6.07) is 22.6. The molecule has 1 N–H and O–H groups in total. The van der Waals surface area contributed by atoms with E-state index in [2.05, 4.69) is 45.1 Å². The standard InChI is InChI=1S/C22H23N5/c1-17-21(25-22(24-17)18-8-4-2-5-9-18)20(16-23)27-14-12-26(13-15-27)19-10-6-3-7-11-19/h2-11,20H,12-15H2,1H3,(H,24,25). The average molecular weight is 357 g/mol. The number of rotatable bonds is 4. The van der Waals surface area contributed by atoms with Gasteiger partial charge >= 0.3 is 0 Å². The normalized spacial score (nSPS) is 16.1. The van der Waals surface area contributed by atoms with Crippen molar-refractivity contribution < 1.29 is 0 Å². The second-order valence-electron chi connectivity index (χ2n) is 6.85. The first-order chi connectivity index (χ1) is 13.3. The molecule has 0 saturated carbocycles. The minimum atomic E-state index is -0.323. The molecule has 0 aliphatic carbocycles. The van der Waals surface area contributed by atoms with Gasteiger partial charge in [0.25, 0.3) is 0 Å². The number of anilines is 1. The molecule has 3 aromatic rings. The molecule has 1 fully saturated rings. The fourth-order valence-electron chi connectivity index (χ4n) is 3.67. The van der Waals surface area contributed by atoms with Crippen LogP contribution in [0.4, 0.5) is 5.69 Å². The smallest absolute Gasteiger partial charge is 0.142 e. The minimum Gasteiger partial charge on any atom is -0.369 e. The zero-order valence-corrected chi connectivity index (χ0v) is 15.5. The Labute approximate surface area is 159 Å². The summed E-state index contributed by atoms with van der Waals surface area (Å²) in [4.78, 5) is 12.7. The molecule has 1 atom stereocenters. The van der Waals surface area contributed by atoms with Gasteiger partial charge in [0.15, 0.2) is 0 Å². The molecule has 4 rings (SSSR count). The van der Waals surface area contributed by atoms with Gasteiger partial charge in [-0.05, 0) is 19.1 Å². The van der Waals surface area contributed by atoms with E-state index < -0.39 is 0 Å². The lowest BCUT2D eigenvalue weighted by atomic mass is 10.1. The maximum absolute atomic E-state index is 9.86. The third kappa shape index (κ3) is 3.57. The molecule has 5 nitrogen and oxygen atoms in total. The fourth-order valence-corrected chi connectivity index (χ4v) is 3.67. The number of imidazole rings is 1. The van der Waals surface area contributed by atoms with E-state index in [4.69, 9.17) is 4.98 Å². The Bertz CT molecular complexity index is 918. The Morgan fingerprint density at radius 2 is 1.59 bits per heavy atom.